The molecule has 0 spiro atoms. The van der Waals surface area contributed by atoms with Crippen LogP contribution in [0.25, 0.3) is 11.4 Å². The molecular weight excluding hydrogens is 250 g/mol. The molecule has 2 aromatic heterocycles. The van der Waals surface area contributed by atoms with Gasteiger partial charge in [-0.25, -0.2) is 9.97 Å². The predicted molar refractivity (Wildman–Crippen MR) is 80.9 cm³/mol. The maximum Gasteiger partial charge on any atom is 0.139 e. The Morgan fingerprint density at radius 3 is 2.70 bits per heavy atom. The minimum atomic E-state index is 0.910. The molecule has 1 saturated heterocycles. The third-order valence-corrected chi connectivity index (χ3v) is 3.61. The van der Waals surface area contributed by atoms with E-state index in [-0.39, 0.29) is 0 Å². The van der Waals surface area contributed by atoms with Crippen molar-refractivity contribution < 1.29 is 0 Å². The number of nitrogens with one attached hydrogen (secondary N) is 2. The molecule has 1 aliphatic rings. The van der Waals surface area contributed by atoms with Crippen molar-refractivity contribution in [1.29, 1.82) is 0 Å². The van der Waals surface area contributed by atoms with Gasteiger partial charge in [-0.1, -0.05) is 13.3 Å². The highest BCUT2D eigenvalue weighted by molar-refractivity contribution is 5.56. The van der Waals surface area contributed by atoms with E-state index in [0.29, 0.717) is 0 Å². The van der Waals surface area contributed by atoms with Crippen LogP contribution in [0, 0.1) is 0 Å². The number of piperazine rings is 1. The Labute approximate surface area is 119 Å². The average molecular weight is 271 g/mol. The fraction of sp³-hybridized carbons (Fsp3) is 0.467. The smallest absolute Gasteiger partial charge is 0.139 e. The van der Waals surface area contributed by atoms with E-state index < -0.39 is 0 Å². The summed E-state index contributed by atoms with van der Waals surface area (Å²) in [6, 6.07) is 4.18. The molecule has 3 heterocycles. The van der Waals surface area contributed by atoms with E-state index in [4.69, 9.17) is 0 Å². The summed E-state index contributed by atoms with van der Waals surface area (Å²) in [5.74, 6) is 1.96. The summed E-state index contributed by atoms with van der Waals surface area (Å²) in [4.78, 5) is 14.7. The van der Waals surface area contributed by atoms with Crippen molar-refractivity contribution in [3.63, 3.8) is 0 Å². The van der Waals surface area contributed by atoms with E-state index in [1.807, 2.05) is 12.4 Å². The van der Waals surface area contributed by atoms with Crippen molar-refractivity contribution in [2.24, 2.45) is 0 Å². The molecule has 0 saturated carbocycles. The first-order valence-corrected chi connectivity index (χ1v) is 7.33. The van der Waals surface area contributed by atoms with Gasteiger partial charge in [-0.3, -0.25) is 0 Å². The highest BCUT2D eigenvalue weighted by Crippen LogP contribution is 2.19. The number of aromatic nitrogens is 3. The average Bonchev–Trinajstić information content (AvgIpc) is 2.97. The SMILES string of the molecule is CCCc1cnc(-c2ccc(N3CCNCC3)nc2)[nH]1. The van der Waals surface area contributed by atoms with Crippen LogP contribution in [0.5, 0.6) is 0 Å². The highest BCUT2D eigenvalue weighted by atomic mass is 15.2. The van der Waals surface area contributed by atoms with Crippen LogP contribution >= 0.6 is 0 Å². The largest absolute Gasteiger partial charge is 0.354 e. The number of anilines is 1. The second-order valence-corrected chi connectivity index (χ2v) is 5.15. The number of nitrogens with zero attached hydrogens (tertiary/aromatic N) is 3. The monoisotopic (exact) mass is 271 g/mol. The van der Waals surface area contributed by atoms with Gasteiger partial charge in [-0.2, -0.15) is 0 Å². The third-order valence-electron chi connectivity index (χ3n) is 3.61. The van der Waals surface area contributed by atoms with Crippen molar-refractivity contribution in [2.45, 2.75) is 19.8 Å². The zero-order chi connectivity index (χ0) is 13.8. The predicted octanol–water partition coefficient (Wildman–Crippen LogP) is 1.83. The quantitative estimate of drug-likeness (QED) is 0.891. The molecule has 5 nitrogen and oxygen atoms in total. The van der Waals surface area contributed by atoms with Gasteiger partial charge in [0, 0.05) is 49.8 Å². The van der Waals surface area contributed by atoms with Crippen LogP contribution in [-0.4, -0.2) is 41.1 Å². The molecule has 0 amide bonds. The molecule has 0 atom stereocenters. The Balaban J connectivity index is 1.74. The van der Waals surface area contributed by atoms with Gasteiger partial charge in [0.05, 0.1) is 0 Å². The first kappa shape index (κ1) is 13.1. The normalized spacial score (nSPS) is 15.6. The Bertz CT molecular complexity index is 540. The third kappa shape index (κ3) is 2.82. The Hall–Kier alpha value is -1.88. The lowest BCUT2D eigenvalue weighted by molar-refractivity contribution is 0.585. The van der Waals surface area contributed by atoms with Crippen LogP contribution in [-0.2, 0) is 6.42 Å². The number of imidazole rings is 1. The zero-order valence-electron chi connectivity index (χ0n) is 11.9. The molecular formula is C15H21N5. The van der Waals surface area contributed by atoms with E-state index in [1.165, 1.54) is 5.69 Å². The molecule has 1 aliphatic heterocycles. The fourth-order valence-electron chi connectivity index (χ4n) is 2.51. The second-order valence-electron chi connectivity index (χ2n) is 5.15. The summed E-state index contributed by atoms with van der Waals surface area (Å²) in [6.45, 7) is 6.27. The number of hydrogen-bond acceptors (Lipinski definition) is 4. The maximum atomic E-state index is 4.57. The molecule has 106 valence electrons. The van der Waals surface area contributed by atoms with Gasteiger partial charge < -0.3 is 15.2 Å². The molecule has 3 rings (SSSR count). The van der Waals surface area contributed by atoms with E-state index in [1.54, 1.807) is 0 Å². The number of hydrogen-bond donors (Lipinski definition) is 2. The number of H-pyrrole nitrogens is 1. The van der Waals surface area contributed by atoms with E-state index in [2.05, 4.69) is 44.2 Å². The molecule has 0 aliphatic carbocycles. The van der Waals surface area contributed by atoms with Crippen LogP contribution in [0.1, 0.15) is 19.0 Å². The highest BCUT2D eigenvalue weighted by Gasteiger charge is 2.12. The number of aryl methyl sites for hydroxylation is 1. The molecule has 1 fully saturated rings. The first-order chi connectivity index (χ1) is 9.86. The lowest BCUT2D eigenvalue weighted by atomic mass is 10.2. The molecule has 2 N–H and O–H groups in total. The van der Waals surface area contributed by atoms with E-state index >= 15 is 0 Å². The minimum absolute atomic E-state index is 0.910. The van der Waals surface area contributed by atoms with Gasteiger partial charge in [0.15, 0.2) is 0 Å². The van der Waals surface area contributed by atoms with Gasteiger partial charge in [-0.15, -0.1) is 0 Å². The Morgan fingerprint density at radius 1 is 1.15 bits per heavy atom. The summed E-state index contributed by atoms with van der Waals surface area (Å²) < 4.78 is 0. The molecule has 2 aromatic rings. The maximum absolute atomic E-state index is 4.57. The van der Waals surface area contributed by atoms with Crippen molar-refractivity contribution in [3.8, 4) is 11.4 Å². The van der Waals surface area contributed by atoms with Crippen molar-refractivity contribution in [3.05, 3.63) is 30.2 Å². The Kier molecular flexibility index (Phi) is 3.97. The summed E-state index contributed by atoms with van der Waals surface area (Å²) in [5.41, 5.74) is 2.24. The van der Waals surface area contributed by atoms with E-state index in [0.717, 1.165) is 56.2 Å². The van der Waals surface area contributed by atoms with Crippen LogP contribution in [0.4, 0.5) is 5.82 Å². The van der Waals surface area contributed by atoms with Gasteiger partial charge >= 0.3 is 0 Å². The van der Waals surface area contributed by atoms with Crippen molar-refractivity contribution in [1.82, 2.24) is 20.3 Å². The Morgan fingerprint density at radius 2 is 2.00 bits per heavy atom. The summed E-state index contributed by atoms with van der Waals surface area (Å²) in [7, 11) is 0. The van der Waals surface area contributed by atoms with Crippen LogP contribution in [0.15, 0.2) is 24.5 Å². The second kappa shape index (κ2) is 6.05. The van der Waals surface area contributed by atoms with Gasteiger partial charge in [0.25, 0.3) is 0 Å². The lowest BCUT2D eigenvalue weighted by Crippen LogP contribution is -2.43. The molecule has 0 bridgehead atoms. The molecule has 5 heteroatoms. The van der Waals surface area contributed by atoms with Gasteiger partial charge in [0.2, 0.25) is 0 Å². The van der Waals surface area contributed by atoms with Crippen LogP contribution in [0.2, 0.25) is 0 Å². The van der Waals surface area contributed by atoms with Gasteiger partial charge in [-0.05, 0) is 18.6 Å². The number of pyridine rings is 1. The molecule has 0 radical (unpaired) electrons. The molecule has 0 aromatic carbocycles. The fourth-order valence-corrected chi connectivity index (χ4v) is 2.51. The summed E-state index contributed by atoms with van der Waals surface area (Å²) in [5, 5.41) is 3.35. The number of aromatic amines is 1. The molecule has 0 unspecified atom stereocenters. The van der Waals surface area contributed by atoms with Crippen molar-refractivity contribution >= 4 is 5.82 Å². The summed E-state index contributed by atoms with van der Waals surface area (Å²) in [6.07, 6.45) is 6.00. The zero-order valence-corrected chi connectivity index (χ0v) is 11.9. The van der Waals surface area contributed by atoms with Crippen LogP contribution < -0.4 is 10.2 Å². The van der Waals surface area contributed by atoms with Crippen molar-refractivity contribution in [2.75, 3.05) is 31.1 Å². The lowest BCUT2D eigenvalue weighted by Gasteiger charge is -2.28. The molecule has 20 heavy (non-hydrogen) atoms. The summed E-state index contributed by atoms with van der Waals surface area (Å²) >= 11 is 0. The minimum Gasteiger partial charge on any atom is -0.354 e. The topological polar surface area (TPSA) is 56.8 Å². The van der Waals surface area contributed by atoms with Gasteiger partial charge in [0.1, 0.15) is 11.6 Å². The standard InChI is InChI=1S/C15H21N5/c1-2-3-13-11-18-15(19-13)12-4-5-14(17-10-12)20-8-6-16-7-9-20/h4-5,10-11,16H,2-3,6-9H2,1H3,(H,18,19). The van der Waals surface area contributed by atoms with Crippen LogP contribution in [0.3, 0.4) is 0 Å². The first-order valence-electron chi connectivity index (χ1n) is 7.33. The van der Waals surface area contributed by atoms with E-state index in [9.17, 15) is 0 Å². The number of rotatable bonds is 4.